The minimum absolute atomic E-state index is 0.156. The second kappa shape index (κ2) is 8.00. The number of rotatable bonds is 5. The van der Waals surface area contributed by atoms with Crippen molar-refractivity contribution in [3.63, 3.8) is 0 Å². The Hall–Kier alpha value is -2.90. The van der Waals surface area contributed by atoms with E-state index in [4.69, 9.17) is 10.5 Å². The Morgan fingerprint density at radius 1 is 1.25 bits per heavy atom. The van der Waals surface area contributed by atoms with E-state index in [0.717, 1.165) is 32.2 Å². The highest BCUT2D eigenvalue weighted by molar-refractivity contribution is 5.73. The minimum Gasteiger partial charge on any atom is -0.466 e. The van der Waals surface area contributed by atoms with Crippen molar-refractivity contribution in [3.05, 3.63) is 35.4 Å². The van der Waals surface area contributed by atoms with Gasteiger partial charge < -0.3 is 20.7 Å². The Kier molecular flexibility index (Phi) is 5.27. The third-order valence-corrected chi connectivity index (χ3v) is 5.35. The molecule has 1 aliphatic heterocycles. The van der Waals surface area contributed by atoms with Crippen molar-refractivity contribution in [2.45, 2.75) is 38.6 Å². The fourth-order valence-electron chi connectivity index (χ4n) is 4.04. The molecule has 148 valence electrons. The lowest BCUT2D eigenvalue weighted by Gasteiger charge is -2.31. The van der Waals surface area contributed by atoms with Crippen LogP contribution in [0.1, 0.15) is 30.9 Å². The van der Waals surface area contributed by atoms with E-state index in [0.29, 0.717) is 25.0 Å². The number of fused-ring (bicyclic) bond motifs is 1. The Labute approximate surface area is 164 Å². The van der Waals surface area contributed by atoms with Gasteiger partial charge in [-0.3, -0.25) is 4.79 Å². The summed E-state index contributed by atoms with van der Waals surface area (Å²) in [6, 6.07) is 8.69. The normalized spacial score (nSPS) is 19.3. The minimum atomic E-state index is -0.160. The van der Waals surface area contributed by atoms with Crippen LogP contribution in [0.3, 0.4) is 0 Å². The van der Waals surface area contributed by atoms with Crippen LogP contribution in [-0.2, 0) is 22.4 Å². The summed E-state index contributed by atoms with van der Waals surface area (Å²) in [6.07, 6.45) is 3.58. The number of nitrogens with two attached hydrogens (primary N) is 1. The fourth-order valence-corrected chi connectivity index (χ4v) is 4.04. The van der Waals surface area contributed by atoms with E-state index >= 15 is 0 Å². The van der Waals surface area contributed by atoms with Crippen molar-refractivity contribution in [1.82, 2.24) is 15.0 Å². The number of nitrogens with zero attached hydrogens (tertiary/aromatic N) is 4. The second-order valence-electron chi connectivity index (χ2n) is 7.37. The Bertz CT molecular complexity index is 833. The quantitative estimate of drug-likeness (QED) is 0.754. The topological polar surface area (TPSA) is 106 Å². The number of nitrogens with one attached hydrogen (secondary N) is 1. The molecule has 0 spiro atoms. The first-order chi connectivity index (χ1) is 13.6. The molecular weight excluding hydrogens is 356 g/mol. The number of carbonyl (C=O) groups is 1. The van der Waals surface area contributed by atoms with Crippen molar-refractivity contribution in [3.8, 4) is 0 Å². The van der Waals surface area contributed by atoms with Crippen molar-refractivity contribution in [2.75, 3.05) is 35.6 Å². The van der Waals surface area contributed by atoms with E-state index in [1.807, 2.05) is 11.8 Å². The van der Waals surface area contributed by atoms with Crippen LogP contribution in [0.5, 0.6) is 0 Å². The van der Waals surface area contributed by atoms with Crippen molar-refractivity contribution < 1.29 is 9.53 Å². The molecule has 0 saturated carbocycles. The maximum absolute atomic E-state index is 12.1. The van der Waals surface area contributed by atoms with E-state index in [1.54, 1.807) is 0 Å². The number of hydrogen-bond donors (Lipinski definition) is 2. The second-order valence-corrected chi connectivity index (χ2v) is 7.37. The predicted molar refractivity (Wildman–Crippen MR) is 107 cm³/mol. The largest absolute Gasteiger partial charge is 0.466 e. The molecule has 2 aromatic rings. The molecule has 8 nitrogen and oxygen atoms in total. The van der Waals surface area contributed by atoms with Crippen LogP contribution in [0.15, 0.2) is 24.3 Å². The SMILES string of the molecule is CCOC(=O)C1CCCN(c2nc(N)nc(NC3Cc4ccccc4C3)n2)C1. The Morgan fingerprint density at radius 2 is 2.00 bits per heavy atom. The Balaban J connectivity index is 1.46. The first-order valence-corrected chi connectivity index (χ1v) is 9.89. The first kappa shape index (κ1) is 18.5. The molecule has 0 bridgehead atoms. The highest BCUT2D eigenvalue weighted by Gasteiger charge is 2.29. The molecule has 1 atom stereocenters. The van der Waals surface area contributed by atoms with Gasteiger partial charge in [0.2, 0.25) is 17.8 Å². The molecule has 3 N–H and O–H groups in total. The lowest BCUT2D eigenvalue weighted by molar-refractivity contribution is -0.148. The van der Waals surface area contributed by atoms with Gasteiger partial charge in [-0.1, -0.05) is 24.3 Å². The first-order valence-electron chi connectivity index (χ1n) is 9.89. The molecule has 28 heavy (non-hydrogen) atoms. The van der Waals surface area contributed by atoms with Gasteiger partial charge in [0.1, 0.15) is 0 Å². The third-order valence-electron chi connectivity index (χ3n) is 5.35. The summed E-state index contributed by atoms with van der Waals surface area (Å²) in [4.78, 5) is 27.3. The van der Waals surface area contributed by atoms with Gasteiger partial charge in [-0.2, -0.15) is 15.0 Å². The molecule has 1 unspecified atom stereocenters. The van der Waals surface area contributed by atoms with Crippen LogP contribution in [0.2, 0.25) is 0 Å². The van der Waals surface area contributed by atoms with Crippen LogP contribution in [0.25, 0.3) is 0 Å². The number of hydrogen-bond acceptors (Lipinski definition) is 8. The molecule has 1 saturated heterocycles. The highest BCUT2D eigenvalue weighted by atomic mass is 16.5. The third kappa shape index (κ3) is 4.00. The molecule has 0 radical (unpaired) electrons. The molecule has 2 aliphatic rings. The van der Waals surface area contributed by atoms with Gasteiger partial charge >= 0.3 is 5.97 Å². The summed E-state index contributed by atoms with van der Waals surface area (Å²) < 4.78 is 5.18. The summed E-state index contributed by atoms with van der Waals surface area (Å²) in [7, 11) is 0. The maximum atomic E-state index is 12.1. The van der Waals surface area contributed by atoms with Crippen LogP contribution < -0.4 is 16.0 Å². The summed E-state index contributed by atoms with van der Waals surface area (Å²) >= 11 is 0. The summed E-state index contributed by atoms with van der Waals surface area (Å²) in [5.74, 6) is 0.864. The Morgan fingerprint density at radius 3 is 2.71 bits per heavy atom. The summed E-state index contributed by atoms with van der Waals surface area (Å²) in [6.45, 7) is 3.54. The van der Waals surface area contributed by atoms with E-state index in [1.165, 1.54) is 11.1 Å². The van der Waals surface area contributed by atoms with E-state index in [2.05, 4.69) is 44.5 Å². The van der Waals surface area contributed by atoms with Crippen LogP contribution in [-0.4, -0.2) is 46.7 Å². The lowest BCUT2D eigenvalue weighted by atomic mass is 9.98. The zero-order chi connectivity index (χ0) is 19.5. The van der Waals surface area contributed by atoms with Gasteiger partial charge in [0.05, 0.1) is 12.5 Å². The van der Waals surface area contributed by atoms with Gasteiger partial charge in [-0.25, -0.2) is 0 Å². The number of piperidine rings is 1. The summed E-state index contributed by atoms with van der Waals surface area (Å²) in [5.41, 5.74) is 8.66. The monoisotopic (exact) mass is 382 g/mol. The fraction of sp³-hybridized carbons (Fsp3) is 0.500. The number of anilines is 3. The van der Waals surface area contributed by atoms with Crippen molar-refractivity contribution in [1.29, 1.82) is 0 Å². The molecular formula is C20H26N6O2. The van der Waals surface area contributed by atoms with Gasteiger partial charge in [-0.15, -0.1) is 0 Å². The molecule has 0 amide bonds. The number of benzene rings is 1. The zero-order valence-corrected chi connectivity index (χ0v) is 16.1. The predicted octanol–water partition coefficient (Wildman–Crippen LogP) is 1.81. The molecule has 1 fully saturated rings. The zero-order valence-electron chi connectivity index (χ0n) is 16.1. The number of nitrogen functional groups attached to an aromatic ring is 1. The van der Waals surface area contributed by atoms with E-state index in [9.17, 15) is 4.79 Å². The number of carbonyl (C=O) groups excluding carboxylic acids is 1. The smallest absolute Gasteiger partial charge is 0.310 e. The number of ether oxygens (including phenoxy) is 1. The molecule has 1 aliphatic carbocycles. The maximum Gasteiger partial charge on any atom is 0.310 e. The van der Waals surface area contributed by atoms with Gasteiger partial charge in [0.15, 0.2) is 0 Å². The molecule has 2 heterocycles. The van der Waals surface area contributed by atoms with Gasteiger partial charge in [0.25, 0.3) is 0 Å². The lowest BCUT2D eigenvalue weighted by Crippen LogP contribution is -2.40. The van der Waals surface area contributed by atoms with Crippen LogP contribution in [0, 0.1) is 5.92 Å². The van der Waals surface area contributed by atoms with Crippen LogP contribution >= 0.6 is 0 Å². The van der Waals surface area contributed by atoms with Crippen molar-refractivity contribution >= 4 is 23.8 Å². The average molecular weight is 382 g/mol. The molecule has 8 heteroatoms. The highest BCUT2D eigenvalue weighted by Crippen LogP contribution is 2.25. The number of aromatic nitrogens is 3. The summed E-state index contributed by atoms with van der Waals surface area (Å²) in [5, 5.41) is 3.40. The van der Waals surface area contributed by atoms with Gasteiger partial charge in [0, 0.05) is 19.1 Å². The molecule has 1 aromatic carbocycles. The van der Waals surface area contributed by atoms with E-state index < -0.39 is 0 Å². The number of esters is 1. The van der Waals surface area contributed by atoms with Crippen molar-refractivity contribution in [2.24, 2.45) is 5.92 Å². The molecule has 1 aromatic heterocycles. The van der Waals surface area contributed by atoms with E-state index in [-0.39, 0.29) is 23.9 Å². The van der Waals surface area contributed by atoms with Crippen LogP contribution in [0.4, 0.5) is 17.8 Å². The molecule has 4 rings (SSSR count). The average Bonchev–Trinajstić information content (AvgIpc) is 3.10. The standard InChI is InChI=1S/C20H26N6O2/c1-2-28-17(27)15-8-5-9-26(12-15)20-24-18(21)23-19(25-20)22-16-10-13-6-3-4-7-14(13)11-16/h3-4,6-7,15-16H,2,5,8-12H2,1H3,(H3,21,22,23,24,25). The van der Waals surface area contributed by atoms with Gasteiger partial charge in [-0.05, 0) is 43.7 Å².